The SMILES string of the molecule is C1=C(Cn2nc(N3c4ccccc4N(c4cccc(Cn5cccn5)c4)c4ccccc43)nc2-c2cccc3ccccc23)c2ccccc2CC1. The molecule has 0 amide bonds. The lowest BCUT2D eigenvalue weighted by atomic mass is 9.91. The molecule has 52 heavy (non-hydrogen) atoms. The smallest absolute Gasteiger partial charge is 0.254 e. The molecule has 0 N–H and O–H groups in total. The van der Waals surface area contributed by atoms with Gasteiger partial charge in [-0.1, -0.05) is 109 Å². The van der Waals surface area contributed by atoms with E-state index in [-0.39, 0.29) is 0 Å². The first-order valence-electron chi connectivity index (χ1n) is 17.8. The summed E-state index contributed by atoms with van der Waals surface area (Å²) in [6.45, 7) is 1.32. The molecule has 0 unspecified atom stereocenters. The Labute approximate surface area is 302 Å². The molecular weight excluding hydrogens is 639 g/mol. The zero-order valence-electron chi connectivity index (χ0n) is 28.5. The minimum atomic E-state index is 0.620. The molecule has 0 atom stereocenters. The van der Waals surface area contributed by atoms with Gasteiger partial charge in [-0.2, -0.15) is 10.1 Å². The Bertz CT molecular complexity index is 2560. The predicted molar refractivity (Wildman–Crippen MR) is 210 cm³/mol. The molecule has 3 heterocycles. The van der Waals surface area contributed by atoms with Crippen LogP contribution in [0.1, 0.15) is 23.1 Å². The van der Waals surface area contributed by atoms with Crippen molar-refractivity contribution in [2.45, 2.75) is 25.9 Å². The van der Waals surface area contributed by atoms with Crippen LogP contribution in [0.4, 0.5) is 34.4 Å². The number of rotatable bonds is 7. The van der Waals surface area contributed by atoms with E-state index in [1.807, 2.05) is 23.1 Å². The standard InChI is InChI=1S/C45H35N7/c1-3-20-37-33(14-1)16-10-18-35(37)31-50-44(39-22-11-17-34-15-2-4-21-38(34)39)47-45(48-50)52-42-25-7-5-23-40(42)51(41-24-6-8-26-43(41)52)36-19-9-13-32(29-36)30-49-28-12-27-46-49/h1-9,11-15,17-29H,10,16,30-31H2. The Kier molecular flexibility index (Phi) is 7.27. The zero-order valence-corrected chi connectivity index (χ0v) is 28.5. The van der Waals surface area contributed by atoms with Crippen molar-refractivity contribution in [3.8, 4) is 11.4 Å². The maximum Gasteiger partial charge on any atom is 0.254 e. The quantitative estimate of drug-likeness (QED) is 0.169. The highest BCUT2D eigenvalue weighted by atomic mass is 15.4. The molecule has 7 nitrogen and oxygen atoms in total. The van der Waals surface area contributed by atoms with Crippen molar-refractivity contribution in [3.63, 3.8) is 0 Å². The van der Waals surface area contributed by atoms with E-state index in [0.717, 1.165) is 58.1 Å². The lowest BCUT2D eigenvalue weighted by Gasteiger charge is -2.38. The monoisotopic (exact) mass is 673 g/mol. The van der Waals surface area contributed by atoms with Gasteiger partial charge in [-0.15, -0.1) is 5.10 Å². The van der Waals surface area contributed by atoms with Crippen molar-refractivity contribution in [2.24, 2.45) is 0 Å². The van der Waals surface area contributed by atoms with Crippen LogP contribution < -0.4 is 9.80 Å². The van der Waals surface area contributed by atoms with Gasteiger partial charge in [-0.3, -0.25) is 9.58 Å². The van der Waals surface area contributed by atoms with Crippen LogP contribution in [0.15, 0.2) is 164 Å². The summed E-state index contributed by atoms with van der Waals surface area (Å²) in [4.78, 5) is 10.0. The van der Waals surface area contributed by atoms with Crippen LogP contribution in [0.3, 0.4) is 0 Å². The van der Waals surface area contributed by atoms with Gasteiger partial charge in [0.1, 0.15) is 0 Å². The number of allylic oxidation sites excluding steroid dienone is 2. The second-order valence-corrected chi connectivity index (χ2v) is 13.4. The number of aromatic nitrogens is 5. The first-order valence-corrected chi connectivity index (χ1v) is 17.8. The topological polar surface area (TPSA) is 55.0 Å². The van der Waals surface area contributed by atoms with Crippen LogP contribution in [0.2, 0.25) is 0 Å². The highest BCUT2D eigenvalue weighted by Crippen LogP contribution is 2.53. The first-order chi connectivity index (χ1) is 25.8. The van der Waals surface area contributed by atoms with E-state index < -0.39 is 0 Å². The largest absolute Gasteiger partial charge is 0.306 e. The number of anilines is 6. The lowest BCUT2D eigenvalue weighted by Crippen LogP contribution is -2.24. The van der Waals surface area contributed by atoms with Crippen molar-refractivity contribution < 1.29 is 0 Å². The number of hydrogen-bond donors (Lipinski definition) is 0. The van der Waals surface area contributed by atoms with Gasteiger partial charge >= 0.3 is 0 Å². The van der Waals surface area contributed by atoms with E-state index in [0.29, 0.717) is 19.0 Å². The molecule has 1 aliphatic heterocycles. The summed E-state index contributed by atoms with van der Waals surface area (Å²) >= 11 is 0. The molecule has 0 spiro atoms. The Balaban J connectivity index is 1.13. The van der Waals surface area contributed by atoms with Crippen LogP contribution in [-0.4, -0.2) is 24.5 Å². The minimum Gasteiger partial charge on any atom is -0.306 e. The highest BCUT2D eigenvalue weighted by molar-refractivity contribution is 6.01. The summed E-state index contributed by atoms with van der Waals surface area (Å²) in [5.41, 5.74) is 11.4. The summed E-state index contributed by atoms with van der Waals surface area (Å²) in [5, 5.41) is 12.2. The summed E-state index contributed by atoms with van der Waals surface area (Å²) < 4.78 is 4.07. The number of aryl methyl sites for hydroxylation is 1. The van der Waals surface area contributed by atoms with Crippen molar-refractivity contribution in [1.29, 1.82) is 0 Å². The van der Waals surface area contributed by atoms with Gasteiger partial charge in [0.05, 0.1) is 35.8 Å². The highest BCUT2D eigenvalue weighted by Gasteiger charge is 2.33. The average Bonchev–Trinajstić information content (AvgIpc) is 3.87. The van der Waals surface area contributed by atoms with Crippen molar-refractivity contribution in [1.82, 2.24) is 24.5 Å². The van der Waals surface area contributed by atoms with E-state index >= 15 is 0 Å². The third-order valence-electron chi connectivity index (χ3n) is 10.2. The van der Waals surface area contributed by atoms with Gasteiger partial charge in [0.25, 0.3) is 5.95 Å². The van der Waals surface area contributed by atoms with Crippen molar-refractivity contribution in [3.05, 3.63) is 181 Å². The van der Waals surface area contributed by atoms with E-state index in [9.17, 15) is 0 Å². The van der Waals surface area contributed by atoms with Crippen LogP contribution in [0, 0.1) is 0 Å². The molecule has 0 bridgehead atoms. The lowest BCUT2D eigenvalue weighted by molar-refractivity contribution is 0.687. The molecule has 6 aromatic carbocycles. The summed E-state index contributed by atoms with van der Waals surface area (Å²) in [7, 11) is 0. The number of nitrogens with zero attached hydrogens (tertiary/aromatic N) is 7. The Morgan fingerprint density at radius 2 is 1.29 bits per heavy atom. The second-order valence-electron chi connectivity index (χ2n) is 13.4. The van der Waals surface area contributed by atoms with Gasteiger partial charge in [-0.05, 0) is 88.3 Å². The average molecular weight is 674 g/mol. The first kappa shape index (κ1) is 30.1. The van der Waals surface area contributed by atoms with E-state index in [2.05, 4.69) is 165 Å². The molecule has 2 aliphatic rings. The molecule has 10 rings (SSSR count). The molecule has 8 aromatic rings. The van der Waals surface area contributed by atoms with Crippen LogP contribution in [0.5, 0.6) is 0 Å². The fourth-order valence-electron chi connectivity index (χ4n) is 7.84. The Morgan fingerprint density at radius 1 is 0.596 bits per heavy atom. The molecule has 250 valence electrons. The Hall–Kier alpha value is -6.73. The van der Waals surface area contributed by atoms with E-state index in [1.165, 1.54) is 27.6 Å². The van der Waals surface area contributed by atoms with Gasteiger partial charge in [0, 0.05) is 23.6 Å². The van der Waals surface area contributed by atoms with E-state index in [1.54, 1.807) is 0 Å². The van der Waals surface area contributed by atoms with Gasteiger partial charge in [0.15, 0.2) is 5.82 Å². The molecule has 7 heteroatoms. The Morgan fingerprint density at radius 3 is 2.10 bits per heavy atom. The molecule has 0 saturated heterocycles. The number of para-hydroxylation sites is 4. The van der Waals surface area contributed by atoms with Crippen LogP contribution in [0.25, 0.3) is 27.7 Å². The number of hydrogen-bond acceptors (Lipinski definition) is 5. The van der Waals surface area contributed by atoms with E-state index in [4.69, 9.17) is 10.1 Å². The molecule has 0 saturated carbocycles. The molecule has 0 fully saturated rings. The molecular formula is C45H35N7. The summed E-state index contributed by atoms with van der Waals surface area (Å²) in [5.74, 6) is 1.49. The number of fused-ring (bicyclic) bond motifs is 4. The molecule has 0 radical (unpaired) electrons. The second kappa shape index (κ2) is 12.5. The maximum absolute atomic E-state index is 5.45. The summed E-state index contributed by atoms with van der Waals surface area (Å²) in [6, 6.07) is 51.5. The minimum absolute atomic E-state index is 0.620. The van der Waals surface area contributed by atoms with Crippen LogP contribution >= 0.6 is 0 Å². The van der Waals surface area contributed by atoms with Crippen molar-refractivity contribution in [2.75, 3.05) is 9.80 Å². The fraction of sp³-hybridized carbons (Fsp3) is 0.0889. The normalized spacial score (nSPS) is 13.4. The molecule has 1 aliphatic carbocycles. The van der Waals surface area contributed by atoms with Gasteiger partial charge in [0.2, 0.25) is 0 Å². The summed E-state index contributed by atoms with van der Waals surface area (Å²) in [6.07, 6.45) is 8.27. The zero-order chi connectivity index (χ0) is 34.4. The number of benzene rings is 6. The third-order valence-corrected chi connectivity index (χ3v) is 10.2. The van der Waals surface area contributed by atoms with Gasteiger partial charge < -0.3 is 4.90 Å². The third kappa shape index (κ3) is 5.17. The predicted octanol–water partition coefficient (Wildman–Crippen LogP) is 10.6. The maximum atomic E-state index is 5.45. The van der Waals surface area contributed by atoms with Crippen molar-refractivity contribution >= 4 is 50.7 Å². The van der Waals surface area contributed by atoms with Gasteiger partial charge in [-0.25, -0.2) is 4.68 Å². The fourth-order valence-corrected chi connectivity index (χ4v) is 7.84. The van der Waals surface area contributed by atoms with Crippen LogP contribution in [-0.2, 0) is 19.5 Å². The molecule has 2 aromatic heterocycles.